The number of halogens is 1. The summed E-state index contributed by atoms with van der Waals surface area (Å²) in [5.74, 6) is 0.337. The van der Waals surface area contributed by atoms with E-state index in [1.54, 1.807) is 19.1 Å². The van der Waals surface area contributed by atoms with Crippen molar-refractivity contribution in [2.45, 2.75) is 32.8 Å². The standard InChI is InChI=1S/C19H22FNO2/c1-3-16-6-4-5-7-18(16)23-14(2)19(22)21-13-12-15-8-10-17(20)11-9-15/h4-11,14H,3,12-13H2,1-2H3,(H,21,22)/t14-/m1/s1. The van der Waals surface area contributed by atoms with E-state index < -0.39 is 6.10 Å². The molecule has 0 heterocycles. The summed E-state index contributed by atoms with van der Waals surface area (Å²) < 4.78 is 18.6. The van der Waals surface area contributed by atoms with Gasteiger partial charge in [-0.1, -0.05) is 37.3 Å². The SMILES string of the molecule is CCc1ccccc1O[C@H](C)C(=O)NCCc1ccc(F)cc1. The van der Waals surface area contributed by atoms with Gasteiger partial charge in [0.15, 0.2) is 6.10 Å². The fourth-order valence-corrected chi connectivity index (χ4v) is 2.28. The highest BCUT2D eigenvalue weighted by atomic mass is 19.1. The number of carbonyl (C=O) groups excluding carboxylic acids is 1. The average molecular weight is 315 g/mol. The number of carbonyl (C=O) groups is 1. The van der Waals surface area contributed by atoms with E-state index in [4.69, 9.17) is 4.74 Å². The summed E-state index contributed by atoms with van der Waals surface area (Å²) in [6.45, 7) is 4.28. The van der Waals surface area contributed by atoms with Crippen LogP contribution in [-0.2, 0) is 17.6 Å². The smallest absolute Gasteiger partial charge is 0.260 e. The van der Waals surface area contributed by atoms with Crippen LogP contribution in [0.4, 0.5) is 4.39 Å². The third-order valence-electron chi connectivity index (χ3n) is 3.65. The fraction of sp³-hybridized carbons (Fsp3) is 0.316. The molecule has 2 aromatic carbocycles. The Kier molecular flexibility index (Phi) is 6.15. The van der Waals surface area contributed by atoms with Gasteiger partial charge in [0.25, 0.3) is 5.91 Å². The quantitative estimate of drug-likeness (QED) is 0.849. The van der Waals surface area contributed by atoms with Crippen molar-refractivity contribution in [1.82, 2.24) is 5.32 Å². The van der Waals surface area contributed by atoms with E-state index in [-0.39, 0.29) is 11.7 Å². The van der Waals surface area contributed by atoms with Gasteiger partial charge in [-0.25, -0.2) is 4.39 Å². The molecule has 0 spiro atoms. The second-order valence-electron chi connectivity index (χ2n) is 5.39. The second-order valence-corrected chi connectivity index (χ2v) is 5.39. The Balaban J connectivity index is 1.81. The molecule has 0 aliphatic carbocycles. The molecule has 4 heteroatoms. The van der Waals surface area contributed by atoms with E-state index in [0.717, 1.165) is 23.3 Å². The highest BCUT2D eigenvalue weighted by Crippen LogP contribution is 2.19. The zero-order valence-corrected chi connectivity index (χ0v) is 13.5. The maximum Gasteiger partial charge on any atom is 0.260 e. The van der Waals surface area contributed by atoms with Crippen molar-refractivity contribution in [2.75, 3.05) is 6.54 Å². The molecule has 122 valence electrons. The molecule has 0 saturated heterocycles. The second kappa shape index (κ2) is 8.32. The minimum absolute atomic E-state index is 0.155. The molecule has 23 heavy (non-hydrogen) atoms. The largest absolute Gasteiger partial charge is 0.481 e. The molecule has 0 aromatic heterocycles. The molecule has 0 unspecified atom stereocenters. The molecular formula is C19H22FNO2. The first-order valence-corrected chi connectivity index (χ1v) is 7.87. The summed E-state index contributed by atoms with van der Waals surface area (Å²) in [7, 11) is 0. The number of rotatable bonds is 7. The lowest BCUT2D eigenvalue weighted by Crippen LogP contribution is -2.37. The van der Waals surface area contributed by atoms with Gasteiger partial charge in [0.1, 0.15) is 11.6 Å². The van der Waals surface area contributed by atoms with Crippen molar-refractivity contribution in [3.05, 3.63) is 65.5 Å². The summed E-state index contributed by atoms with van der Waals surface area (Å²) >= 11 is 0. The van der Waals surface area contributed by atoms with Crippen molar-refractivity contribution in [1.29, 1.82) is 0 Å². The molecule has 1 atom stereocenters. The number of benzene rings is 2. The number of para-hydroxylation sites is 1. The number of aryl methyl sites for hydroxylation is 1. The molecule has 3 nitrogen and oxygen atoms in total. The summed E-state index contributed by atoms with van der Waals surface area (Å²) in [5.41, 5.74) is 2.06. The van der Waals surface area contributed by atoms with Gasteiger partial charge in [-0.3, -0.25) is 4.79 Å². The van der Waals surface area contributed by atoms with Gasteiger partial charge in [-0.15, -0.1) is 0 Å². The third-order valence-corrected chi connectivity index (χ3v) is 3.65. The van der Waals surface area contributed by atoms with E-state index in [1.165, 1.54) is 12.1 Å². The zero-order chi connectivity index (χ0) is 16.7. The molecule has 0 bridgehead atoms. The highest BCUT2D eigenvalue weighted by Gasteiger charge is 2.15. The van der Waals surface area contributed by atoms with Gasteiger partial charge in [-0.2, -0.15) is 0 Å². The van der Waals surface area contributed by atoms with Crippen LogP contribution in [0.25, 0.3) is 0 Å². The topological polar surface area (TPSA) is 38.3 Å². The number of amides is 1. The van der Waals surface area contributed by atoms with Crippen LogP contribution in [0.3, 0.4) is 0 Å². The first-order chi connectivity index (χ1) is 11.1. The number of nitrogens with one attached hydrogen (secondary N) is 1. The Bertz CT molecular complexity index is 640. The minimum atomic E-state index is -0.559. The van der Waals surface area contributed by atoms with Gasteiger partial charge in [0.05, 0.1) is 0 Å². The van der Waals surface area contributed by atoms with Gasteiger partial charge >= 0.3 is 0 Å². The van der Waals surface area contributed by atoms with E-state index in [1.807, 2.05) is 24.3 Å². The highest BCUT2D eigenvalue weighted by molar-refractivity contribution is 5.80. The van der Waals surface area contributed by atoms with E-state index >= 15 is 0 Å². The molecule has 0 aliphatic heterocycles. The summed E-state index contributed by atoms with van der Waals surface area (Å²) in [5, 5.41) is 2.85. The maximum absolute atomic E-state index is 12.8. The van der Waals surface area contributed by atoms with E-state index in [0.29, 0.717) is 13.0 Å². The molecule has 0 radical (unpaired) electrons. The van der Waals surface area contributed by atoms with E-state index in [9.17, 15) is 9.18 Å². The first kappa shape index (κ1) is 17.0. The molecule has 1 N–H and O–H groups in total. The number of hydrogen-bond donors (Lipinski definition) is 1. The fourth-order valence-electron chi connectivity index (χ4n) is 2.28. The van der Waals surface area contributed by atoms with Crippen LogP contribution >= 0.6 is 0 Å². The lowest BCUT2D eigenvalue weighted by Gasteiger charge is -2.16. The van der Waals surface area contributed by atoms with Gasteiger partial charge in [-0.05, 0) is 49.1 Å². The lowest BCUT2D eigenvalue weighted by atomic mass is 10.1. The van der Waals surface area contributed by atoms with Crippen LogP contribution in [-0.4, -0.2) is 18.6 Å². The van der Waals surface area contributed by atoms with Gasteiger partial charge < -0.3 is 10.1 Å². The summed E-state index contributed by atoms with van der Waals surface area (Å²) in [6, 6.07) is 14.0. The molecule has 1 amide bonds. The van der Waals surface area contributed by atoms with Crippen molar-refractivity contribution in [3.63, 3.8) is 0 Å². The van der Waals surface area contributed by atoms with Gasteiger partial charge in [0, 0.05) is 6.54 Å². The van der Waals surface area contributed by atoms with E-state index in [2.05, 4.69) is 12.2 Å². The van der Waals surface area contributed by atoms with Crippen molar-refractivity contribution in [2.24, 2.45) is 0 Å². The average Bonchev–Trinajstić information content (AvgIpc) is 2.57. The predicted octanol–water partition coefficient (Wildman–Crippen LogP) is 3.51. The van der Waals surface area contributed by atoms with Crippen molar-refractivity contribution >= 4 is 5.91 Å². The van der Waals surface area contributed by atoms with Crippen LogP contribution in [0.5, 0.6) is 5.75 Å². The molecule has 2 aromatic rings. The van der Waals surface area contributed by atoms with Crippen LogP contribution in [0.15, 0.2) is 48.5 Å². The Morgan fingerprint density at radius 2 is 1.87 bits per heavy atom. The Morgan fingerprint density at radius 3 is 2.57 bits per heavy atom. The normalized spacial score (nSPS) is 11.8. The molecular weight excluding hydrogens is 293 g/mol. The molecule has 0 fully saturated rings. The van der Waals surface area contributed by atoms with Crippen LogP contribution in [0, 0.1) is 5.82 Å². The van der Waals surface area contributed by atoms with Crippen LogP contribution < -0.4 is 10.1 Å². The molecule has 0 saturated carbocycles. The number of hydrogen-bond acceptors (Lipinski definition) is 2. The zero-order valence-electron chi connectivity index (χ0n) is 13.5. The Labute approximate surface area is 136 Å². The third kappa shape index (κ3) is 5.09. The van der Waals surface area contributed by atoms with Crippen LogP contribution in [0.1, 0.15) is 25.0 Å². The Hall–Kier alpha value is -2.36. The lowest BCUT2D eigenvalue weighted by molar-refractivity contribution is -0.127. The van der Waals surface area contributed by atoms with Crippen LogP contribution in [0.2, 0.25) is 0 Å². The molecule has 2 rings (SSSR count). The monoisotopic (exact) mass is 315 g/mol. The first-order valence-electron chi connectivity index (χ1n) is 7.87. The van der Waals surface area contributed by atoms with Crippen molar-refractivity contribution < 1.29 is 13.9 Å². The van der Waals surface area contributed by atoms with Crippen molar-refractivity contribution in [3.8, 4) is 5.75 Å². The number of ether oxygens (including phenoxy) is 1. The Morgan fingerprint density at radius 1 is 1.17 bits per heavy atom. The molecule has 0 aliphatic rings. The van der Waals surface area contributed by atoms with Gasteiger partial charge in [0.2, 0.25) is 0 Å². The summed E-state index contributed by atoms with van der Waals surface area (Å²) in [6.07, 6.45) is 0.954. The predicted molar refractivity (Wildman–Crippen MR) is 89.0 cm³/mol. The minimum Gasteiger partial charge on any atom is -0.481 e. The maximum atomic E-state index is 12.8. The summed E-state index contributed by atoms with van der Waals surface area (Å²) in [4.78, 5) is 12.1.